The van der Waals surface area contributed by atoms with Crippen LogP contribution in [-0.4, -0.2) is 52.7 Å². The Morgan fingerprint density at radius 2 is 2.28 bits per heavy atom. The number of amides is 2. The van der Waals surface area contributed by atoms with Crippen molar-refractivity contribution in [3.05, 3.63) is 12.3 Å². The molecule has 98 valence electrons. The molecule has 0 aromatic carbocycles. The molecule has 8 heteroatoms. The zero-order valence-corrected chi connectivity index (χ0v) is 10.1. The van der Waals surface area contributed by atoms with Crippen molar-refractivity contribution in [1.29, 1.82) is 0 Å². The highest BCUT2D eigenvalue weighted by molar-refractivity contribution is 5.88. The molecule has 0 unspecified atom stereocenters. The number of rotatable bonds is 5. The summed E-state index contributed by atoms with van der Waals surface area (Å²) in [6.07, 6.45) is 1.33. The second-order valence-corrected chi connectivity index (χ2v) is 3.42. The van der Waals surface area contributed by atoms with Gasteiger partial charge in [0.2, 0.25) is 0 Å². The van der Waals surface area contributed by atoms with Crippen molar-refractivity contribution in [2.24, 2.45) is 0 Å². The van der Waals surface area contributed by atoms with E-state index in [1.165, 1.54) is 31.3 Å². The number of anilines is 1. The standard InChI is InChI=1S/C10H14N4O4/c1-14(6-4-8(15)16)10(17)13-7-3-5-11-9(12-7)18-2/h3,5H,4,6H2,1-2H3,(H,15,16)(H,11,12,13,17). The minimum Gasteiger partial charge on any atom is -0.481 e. The quantitative estimate of drug-likeness (QED) is 0.789. The average molecular weight is 254 g/mol. The SMILES string of the molecule is COc1nccc(NC(=O)N(C)CCC(=O)O)n1. The Morgan fingerprint density at radius 1 is 1.56 bits per heavy atom. The highest BCUT2D eigenvalue weighted by Crippen LogP contribution is 2.07. The van der Waals surface area contributed by atoms with E-state index in [2.05, 4.69) is 15.3 Å². The van der Waals surface area contributed by atoms with E-state index in [0.717, 1.165) is 0 Å². The van der Waals surface area contributed by atoms with Crippen molar-refractivity contribution in [1.82, 2.24) is 14.9 Å². The number of nitrogens with zero attached hydrogens (tertiary/aromatic N) is 3. The molecule has 1 aromatic heterocycles. The summed E-state index contributed by atoms with van der Waals surface area (Å²) in [5.41, 5.74) is 0. The first-order valence-electron chi connectivity index (χ1n) is 5.14. The maximum Gasteiger partial charge on any atom is 0.322 e. The lowest BCUT2D eigenvalue weighted by atomic mass is 10.4. The van der Waals surface area contributed by atoms with Crippen LogP contribution < -0.4 is 10.1 Å². The Kier molecular flexibility index (Phi) is 4.85. The first-order valence-corrected chi connectivity index (χ1v) is 5.14. The van der Waals surface area contributed by atoms with Gasteiger partial charge in [-0.2, -0.15) is 4.98 Å². The summed E-state index contributed by atoms with van der Waals surface area (Å²) in [7, 11) is 2.91. The molecule has 1 heterocycles. The molecule has 0 aliphatic heterocycles. The summed E-state index contributed by atoms with van der Waals surface area (Å²) in [4.78, 5) is 31.0. The molecule has 0 saturated carbocycles. The lowest BCUT2D eigenvalue weighted by Crippen LogP contribution is -2.33. The first kappa shape index (κ1) is 13.7. The molecule has 2 N–H and O–H groups in total. The van der Waals surface area contributed by atoms with Gasteiger partial charge in [-0.15, -0.1) is 0 Å². The van der Waals surface area contributed by atoms with E-state index in [1.54, 1.807) is 0 Å². The zero-order chi connectivity index (χ0) is 13.5. The van der Waals surface area contributed by atoms with Crippen LogP contribution in [0.2, 0.25) is 0 Å². The number of methoxy groups -OCH3 is 1. The van der Waals surface area contributed by atoms with Gasteiger partial charge in [-0.25, -0.2) is 9.78 Å². The van der Waals surface area contributed by atoms with Crippen LogP contribution >= 0.6 is 0 Å². The maximum atomic E-state index is 11.6. The van der Waals surface area contributed by atoms with Gasteiger partial charge >= 0.3 is 18.0 Å². The van der Waals surface area contributed by atoms with Crippen molar-refractivity contribution in [2.45, 2.75) is 6.42 Å². The highest BCUT2D eigenvalue weighted by atomic mass is 16.5. The minimum absolute atomic E-state index is 0.114. The molecule has 1 aromatic rings. The van der Waals surface area contributed by atoms with Gasteiger partial charge in [-0.3, -0.25) is 10.1 Å². The van der Waals surface area contributed by atoms with E-state index >= 15 is 0 Å². The number of nitrogens with one attached hydrogen (secondary N) is 1. The fourth-order valence-electron chi connectivity index (χ4n) is 1.08. The van der Waals surface area contributed by atoms with Crippen LogP contribution in [0.3, 0.4) is 0 Å². The van der Waals surface area contributed by atoms with Gasteiger partial charge in [-0.1, -0.05) is 0 Å². The molecule has 18 heavy (non-hydrogen) atoms. The topological polar surface area (TPSA) is 105 Å². The summed E-state index contributed by atoms with van der Waals surface area (Å²) in [5, 5.41) is 11.0. The maximum absolute atomic E-state index is 11.6. The third-order valence-corrected chi connectivity index (χ3v) is 2.06. The van der Waals surface area contributed by atoms with Crippen LogP contribution in [0.1, 0.15) is 6.42 Å². The fourth-order valence-corrected chi connectivity index (χ4v) is 1.08. The highest BCUT2D eigenvalue weighted by Gasteiger charge is 2.11. The van der Waals surface area contributed by atoms with E-state index in [-0.39, 0.29) is 24.8 Å². The molecule has 0 aliphatic carbocycles. The lowest BCUT2D eigenvalue weighted by molar-refractivity contribution is -0.137. The molecule has 0 spiro atoms. The molecule has 1 rings (SSSR count). The van der Waals surface area contributed by atoms with Gasteiger partial charge in [0.15, 0.2) is 0 Å². The smallest absolute Gasteiger partial charge is 0.322 e. The molecule has 0 radical (unpaired) electrons. The van der Waals surface area contributed by atoms with Crippen LogP contribution in [0.4, 0.5) is 10.6 Å². The molecule has 0 atom stereocenters. The van der Waals surface area contributed by atoms with Gasteiger partial charge in [0.05, 0.1) is 13.5 Å². The van der Waals surface area contributed by atoms with Crippen molar-refractivity contribution in [3.8, 4) is 6.01 Å². The summed E-state index contributed by atoms with van der Waals surface area (Å²) >= 11 is 0. The zero-order valence-electron chi connectivity index (χ0n) is 10.1. The summed E-state index contributed by atoms with van der Waals surface area (Å²) in [6.45, 7) is 0.114. The second-order valence-electron chi connectivity index (χ2n) is 3.42. The third kappa shape index (κ3) is 4.24. The Labute approximate surface area is 104 Å². The Hall–Kier alpha value is -2.38. The first-order chi connectivity index (χ1) is 8.52. The number of carbonyl (C=O) groups excluding carboxylic acids is 1. The number of carboxylic acid groups (broad SMARTS) is 1. The number of carbonyl (C=O) groups is 2. The van der Waals surface area contributed by atoms with Crippen molar-refractivity contribution < 1.29 is 19.4 Å². The second kappa shape index (κ2) is 6.38. The van der Waals surface area contributed by atoms with Crippen LogP contribution in [-0.2, 0) is 4.79 Å². The van der Waals surface area contributed by atoms with Crippen LogP contribution in [0.5, 0.6) is 6.01 Å². The number of urea groups is 1. The van der Waals surface area contributed by atoms with Crippen LogP contribution in [0, 0.1) is 0 Å². The third-order valence-electron chi connectivity index (χ3n) is 2.06. The Bertz CT molecular complexity index is 438. The van der Waals surface area contributed by atoms with Gasteiger partial charge < -0.3 is 14.7 Å². The van der Waals surface area contributed by atoms with Crippen molar-refractivity contribution in [2.75, 3.05) is 26.0 Å². The molecule has 2 amide bonds. The number of ether oxygens (including phenoxy) is 1. The predicted octanol–water partition coefficient (Wildman–Crippen LogP) is 0.424. The van der Waals surface area contributed by atoms with Gasteiger partial charge in [0, 0.05) is 19.8 Å². The van der Waals surface area contributed by atoms with Crippen molar-refractivity contribution >= 4 is 17.8 Å². The molecule has 8 nitrogen and oxygen atoms in total. The summed E-state index contributed by atoms with van der Waals surface area (Å²) in [6, 6.07) is 1.20. The number of aliphatic carboxylic acids is 1. The van der Waals surface area contributed by atoms with Crippen LogP contribution in [0.15, 0.2) is 12.3 Å². The number of hydrogen-bond donors (Lipinski definition) is 2. The van der Waals surface area contributed by atoms with Gasteiger partial charge in [-0.05, 0) is 6.07 Å². The van der Waals surface area contributed by atoms with E-state index in [1.807, 2.05) is 0 Å². The number of carboxylic acids is 1. The molecular formula is C10H14N4O4. The predicted molar refractivity (Wildman–Crippen MR) is 62.5 cm³/mol. The Balaban J connectivity index is 2.55. The van der Waals surface area contributed by atoms with Crippen molar-refractivity contribution in [3.63, 3.8) is 0 Å². The van der Waals surface area contributed by atoms with Crippen LogP contribution in [0.25, 0.3) is 0 Å². The van der Waals surface area contributed by atoms with E-state index < -0.39 is 12.0 Å². The minimum atomic E-state index is -0.960. The van der Waals surface area contributed by atoms with E-state index in [9.17, 15) is 9.59 Å². The largest absolute Gasteiger partial charge is 0.481 e. The van der Waals surface area contributed by atoms with E-state index in [0.29, 0.717) is 0 Å². The monoisotopic (exact) mass is 254 g/mol. The molecule has 0 saturated heterocycles. The van der Waals surface area contributed by atoms with Gasteiger partial charge in [0.1, 0.15) is 5.82 Å². The van der Waals surface area contributed by atoms with Gasteiger partial charge in [0.25, 0.3) is 0 Å². The molecule has 0 bridgehead atoms. The Morgan fingerprint density at radius 3 is 2.89 bits per heavy atom. The average Bonchev–Trinajstić information content (AvgIpc) is 2.36. The molecule has 0 aliphatic rings. The summed E-state index contributed by atoms with van der Waals surface area (Å²) < 4.78 is 4.81. The molecule has 0 fully saturated rings. The fraction of sp³-hybridized carbons (Fsp3) is 0.400. The lowest BCUT2D eigenvalue weighted by Gasteiger charge is -2.16. The number of hydrogen-bond acceptors (Lipinski definition) is 5. The number of aromatic nitrogens is 2. The normalized spacial score (nSPS) is 9.67. The summed E-state index contributed by atoms with van der Waals surface area (Å²) in [5.74, 6) is -0.674. The molecular weight excluding hydrogens is 240 g/mol. The van der Waals surface area contributed by atoms with E-state index in [4.69, 9.17) is 9.84 Å².